The molecule has 48 heavy (non-hydrogen) atoms. The second-order valence-corrected chi connectivity index (χ2v) is 17.4. The van der Waals surface area contributed by atoms with Gasteiger partial charge in [0.25, 0.3) is 25.2 Å². The van der Waals surface area contributed by atoms with Crippen molar-refractivity contribution in [3.8, 4) is 0 Å². The Bertz CT molecular complexity index is 2130. The first-order valence-electron chi connectivity index (χ1n) is 15.7. The van der Waals surface area contributed by atoms with Gasteiger partial charge in [0.05, 0.1) is 22.2 Å². The van der Waals surface area contributed by atoms with Crippen LogP contribution in [0.2, 0.25) is 0 Å². The molecule has 1 aliphatic rings. The van der Waals surface area contributed by atoms with E-state index in [9.17, 15) is 25.9 Å². The van der Waals surface area contributed by atoms with Crippen molar-refractivity contribution in [2.45, 2.75) is 58.4 Å². The zero-order valence-electron chi connectivity index (χ0n) is 27.5. The Balaban J connectivity index is 1.53. The average Bonchev–Trinajstić information content (AvgIpc) is 3.50. The largest absolute Gasteiger partial charge is 0.335 e. The minimum atomic E-state index is -4.07. The van der Waals surface area contributed by atoms with Crippen LogP contribution in [0.4, 0.5) is 5.69 Å². The summed E-state index contributed by atoms with van der Waals surface area (Å²) in [5.74, 6) is -0.615. The van der Waals surface area contributed by atoms with Gasteiger partial charge in [0.2, 0.25) is 5.52 Å². The smallest absolute Gasteiger partial charge is 0.265 e. The van der Waals surface area contributed by atoms with Crippen molar-refractivity contribution in [1.29, 1.82) is 0 Å². The molecule has 0 spiro atoms. The Morgan fingerprint density at radius 1 is 0.854 bits per heavy atom. The van der Waals surface area contributed by atoms with E-state index in [-0.39, 0.29) is 24.3 Å². The molecule has 0 bridgehead atoms. The van der Waals surface area contributed by atoms with Crippen LogP contribution in [-0.4, -0.2) is 44.0 Å². The van der Waals surface area contributed by atoms with Crippen LogP contribution in [0.3, 0.4) is 0 Å². The fourth-order valence-corrected chi connectivity index (χ4v) is 8.92. The van der Waals surface area contributed by atoms with E-state index in [4.69, 9.17) is 0 Å². The summed E-state index contributed by atoms with van der Waals surface area (Å²) >= 11 is 3.28. The maximum Gasteiger partial charge on any atom is 0.265 e. The van der Waals surface area contributed by atoms with Crippen LogP contribution in [0.1, 0.15) is 45.7 Å². The molecule has 0 fully saturated rings. The number of fused-ring (bicyclic) bond motifs is 2. The van der Waals surface area contributed by atoms with E-state index in [1.807, 2.05) is 18.2 Å². The first kappa shape index (κ1) is 36.0. The van der Waals surface area contributed by atoms with E-state index in [1.54, 1.807) is 23.1 Å². The van der Waals surface area contributed by atoms with Crippen LogP contribution in [0.5, 0.6) is 0 Å². The third-order valence-corrected chi connectivity index (χ3v) is 12.2. The minimum Gasteiger partial charge on any atom is -0.335 e. The summed E-state index contributed by atoms with van der Waals surface area (Å²) in [6.45, 7) is 9.16. The van der Waals surface area contributed by atoms with E-state index < -0.39 is 20.2 Å². The molecule has 0 saturated carbocycles. The topological polar surface area (TPSA) is 116 Å². The van der Waals surface area contributed by atoms with Gasteiger partial charge in [-0.05, 0) is 98.2 Å². The Hall–Kier alpha value is -3.26. The molecular weight excluding hydrogens is 685 g/mol. The Labute approximate surface area is 292 Å². The van der Waals surface area contributed by atoms with Gasteiger partial charge in [-0.25, -0.2) is 0 Å². The molecule has 3 aromatic carbocycles. The molecule has 1 aliphatic heterocycles. The van der Waals surface area contributed by atoms with Crippen LogP contribution < -0.4 is 9.47 Å². The average molecular weight is 726 g/mol. The quantitative estimate of drug-likeness (QED) is 0.0823. The van der Waals surface area contributed by atoms with Crippen molar-refractivity contribution in [2.24, 2.45) is 0 Å². The number of hydrogen-bond donors (Lipinski definition) is 2. The highest BCUT2D eigenvalue weighted by Gasteiger charge is 2.26. The van der Waals surface area contributed by atoms with Crippen LogP contribution in [0.25, 0.3) is 16.3 Å². The lowest BCUT2D eigenvalue weighted by atomic mass is 10.0. The lowest BCUT2D eigenvalue weighted by Gasteiger charge is -2.20. The maximum atomic E-state index is 11.5. The van der Waals surface area contributed by atoms with Gasteiger partial charge < -0.3 is 4.90 Å². The summed E-state index contributed by atoms with van der Waals surface area (Å²) in [6, 6.07) is 18.8. The molecule has 2 heterocycles. The van der Waals surface area contributed by atoms with Gasteiger partial charge in [0.15, 0.2) is 6.54 Å². The summed E-state index contributed by atoms with van der Waals surface area (Å²) in [4.78, 5) is 3.23. The summed E-state index contributed by atoms with van der Waals surface area (Å²) in [5, 5.41) is 1.94. The monoisotopic (exact) mass is 725 g/mol. The summed E-state index contributed by atoms with van der Waals surface area (Å²) in [7, 11) is -8.14. The second kappa shape index (κ2) is 15.1. The lowest BCUT2D eigenvalue weighted by Crippen LogP contribution is -2.36. The van der Waals surface area contributed by atoms with Crippen molar-refractivity contribution in [1.82, 2.24) is 0 Å². The molecule has 0 unspecified atom stereocenters. The Morgan fingerprint density at radius 2 is 1.50 bits per heavy atom. The number of hydrogen-bond acceptors (Lipinski definition) is 7. The van der Waals surface area contributed by atoms with E-state index >= 15 is 0 Å². The highest BCUT2D eigenvalue weighted by atomic mass is 32.2. The number of nitrogens with zero attached hydrogens (tertiary/aromatic N) is 2. The van der Waals surface area contributed by atoms with Gasteiger partial charge in [-0.15, -0.1) is 0 Å². The van der Waals surface area contributed by atoms with Gasteiger partial charge in [-0.2, -0.15) is 21.4 Å². The zero-order chi connectivity index (χ0) is 34.6. The number of allylic oxidation sites excluding steroid dienone is 4. The van der Waals surface area contributed by atoms with Crippen LogP contribution in [0.15, 0.2) is 88.3 Å². The Kier molecular flexibility index (Phi) is 11.3. The third kappa shape index (κ3) is 9.46. The molecule has 0 radical (unpaired) electrons. The van der Waals surface area contributed by atoms with Crippen molar-refractivity contribution in [2.75, 3.05) is 23.0 Å². The number of aromatic nitrogens is 1. The minimum absolute atomic E-state index is 0.284. The summed E-state index contributed by atoms with van der Waals surface area (Å²) in [6.07, 6.45) is 9.57. The van der Waals surface area contributed by atoms with Crippen molar-refractivity contribution < 1.29 is 30.5 Å². The summed E-state index contributed by atoms with van der Waals surface area (Å²) < 4.78 is 67.9. The lowest BCUT2D eigenvalue weighted by molar-refractivity contribution is -0.668. The molecule has 0 amide bonds. The van der Waals surface area contributed by atoms with Crippen molar-refractivity contribution in [3.63, 3.8) is 0 Å². The molecule has 12 heteroatoms. The standard InChI is InChI=1S/C36H40N2O6S4/c1-25-20-31-33(22-27(25)3)45-35(37(31)16-8-18-47(39,40)41)14-12-30(24-29-10-6-5-7-11-29)13-15-36-38(17-9-19-48(42,43)44)32-21-26(2)28(4)23-34(32)46-36/h5-7,10-15,20-23H,8-9,16-19,24H2,1-4H3,(H-,39,40,41,42,43,44)/p+1. The first-order chi connectivity index (χ1) is 22.7. The van der Waals surface area contributed by atoms with Gasteiger partial charge in [-0.3, -0.25) is 9.11 Å². The normalized spacial score (nSPS) is 14.9. The number of anilines is 1. The molecule has 1 aromatic heterocycles. The molecule has 4 aromatic rings. The summed E-state index contributed by atoms with van der Waals surface area (Å²) in [5.41, 5.74) is 8.91. The highest BCUT2D eigenvalue weighted by Crippen LogP contribution is 2.47. The second-order valence-electron chi connectivity index (χ2n) is 12.2. The molecule has 2 N–H and O–H groups in total. The maximum absolute atomic E-state index is 11.5. The van der Waals surface area contributed by atoms with Crippen LogP contribution in [-0.2, 0) is 33.2 Å². The molecular formula is C36H41N2O6S4+. The third-order valence-electron chi connectivity index (χ3n) is 8.39. The molecule has 0 atom stereocenters. The van der Waals surface area contributed by atoms with Gasteiger partial charge in [0.1, 0.15) is 4.70 Å². The van der Waals surface area contributed by atoms with E-state index in [1.165, 1.54) is 11.1 Å². The van der Waals surface area contributed by atoms with Gasteiger partial charge in [0, 0.05) is 30.0 Å². The van der Waals surface area contributed by atoms with E-state index in [2.05, 4.69) is 97.9 Å². The molecule has 8 nitrogen and oxygen atoms in total. The predicted molar refractivity (Wildman–Crippen MR) is 198 cm³/mol. The molecule has 254 valence electrons. The fourth-order valence-electron chi connectivity index (χ4n) is 5.59. The number of rotatable bonds is 13. The predicted octanol–water partition coefficient (Wildman–Crippen LogP) is 7.61. The first-order valence-corrected chi connectivity index (χ1v) is 20.6. The Morgan fingerprint density at radius 3 is 2.21 bits per heavy atom. The van der Waals surface area contributed by atoms with E-state index in [0.717, 1.165) is 53.1 Å². The zero-order valence-corrected chi connectivity index (χ0v) is 30.8. The van der Waals surface area contributed by atoms with E-state index in [0.29, 0.717) is 19.5 Å². The number of aryl methyl sites for hydroxylation is 5. The molecule has 5 rings (SSSR count). The molecule has 0 aliphatic carbocycles. The highest BCUT2D eigenvalue weighted by molar-refractivity contribution is 8.03. The number of thiazole rings is 1. The van der Waals surface area contributed by atoms with Crippen molar-refractivity contribution >= 4 is 65.3 Å². The van der Waals surface area contributed by atoms with Crippen LogP contribution in [0, 0.1) is 27.7 Å². The van der Waals surface area contributed by atoms with Gasteiger partial charge in [-0.1, -0.05) is 65.6 Å². The molecule has 0 saturated heterocycles. The fraction of sp³-hybridized carbons (Fsp3) is 0.306. The van der Waals surface area contributed by atoms with Crippen LogP contribution >= 0.6 is 23.1 Å². The van der Waals surface area contributed by atoms with Gasteiger partial charge >= 0.3 is 0 Å². The number of thioether (sulfide) groups is 1. The SMILES string of the molecule is Cc1cc2c(cc1C)N(CCCS(=O)(=O)O)C(=CC=C(C=Cc1sc3cc(C)c(C)cc3[n+]1CCCS(=O)(=O)O)Cc1ccccc1)S2. The van der Waals surface area contributed by atoms with Crippen molar-refractivity contribution in [3.05, 3.63) is 116 Å². The number of benzene rings is 3.